The third-order valence-electron chi connectivity index (χ3n) is 1.41. The van der Waals surface area contributed by atoms with E-state index in [9.17, 15) is 4.79 Å². The van der Waals surface area contributed by atoms with Crippen molar-refractivity contribution in [2.24, 2.45) is 5.92 Å². The predicted molar refractivity (Wildman–Crippen MR) is 40.4 cm³/mol. The number of aldehydes is 1. The van der Waals surface area contributed by atoms with Crippen LogP contribution in [0.2, 0.25) is 0 Å². The molecule has 0 bridgehead atoms. The molecule has 0 amide bonds. The first kappa shape index (κ1) is 7.98. The lowest BCUT2D eigenvalue weighted by molar-refractivity contribution is 0.111. The lowest BCUT2D eigenvalue weighted by atomic mass is 10.0. The van der Waals surface area contributed by atoms with Crippen molar-refractivity contribution in [1.29, 1.82) is 0 Å². The molecule has 0 fully saturated rings. The van der Waals surface area contributed by atoms with Gasteiger partial charge in [-0.1, -0.05) is 19.0 Å². The number of carbonyl (C=O) groups is 1. The molecule has 1 aromatic heterocycles. The second kappa shape index (κ2) is 3.32. The van der Waals surface area contributed by atoms with Crippen LogP contribution in [0.25, 0.3) is 0 Å². The molecule has 1 rings (SSSR count). The second-order valence-electron chi connectivity index (χ2n) is 2.94. The average Bonchev–Trinajstić information content (AvgIpc) is 2.34. The van der Waals surface area contributed by atoms with E-state index in [1.807, 2.05) is 0 Å². The quantitative estimate of drug-likeness (QED) is 0.620. The van der Waals surface area contributed by atoms with E-state index in [1.165, 1.54) is 6.26 Å². The summed E-state index contributed by atoms with van der Waals surface area (Å²) in [6, 6.07) is 0. The van der Waals surface area contributed by atoms with Crippen molar-refractivity contribution < 1.29 is 9.32 Å². The van der Waals surface area contributed by atoms with E-state index in [0.29, 0.717) is 11.6 Å². The van der Waals surface area contributed by atoms with Crippen molar-refractivity contribution in [3.63, 3.8) is 0 Å². The fourth-order valence-corrected chi connectivity index (χ4v) is 0.955. The van der Waals surface area contributed by atoms with Crippen molar-refractivity contribution >= 4 is 6.29 Å². The molecule has 0 aliphatic rings. The molecule has 3 heteroatoms. The van der Waals surface area contributed by atoms with Crippen LogP contribution in [-0.4, -0.2) is 11.4 Å². The van der Waals surface area contributed by atoms with Crippen LogP contribution in [0.15, 0.2) is 10.8 Å². The van der Waals surface area contributed by atoms with Crippen molar-refractivity contribution in [3.05, 3.63) is 17.5 Å². The van der Waals surface area contributed by atoms with Crippen LogP contribution >= 0.6 is 0 Å². The summed E-state index contributed by atoms with van der Waals surface area (Å²) in [6.07, 6.45) is 3.10. The predicted octanol–water partition coefficient (Wildman–Crippen LogP) is 1.69. The summed E-state index contributed by atoms with van der Waals surface area (Å²) in [5.74, 6) is 0.521. The highest BCUT2D eigenvalue weighted by Crippen LogP contribution is 2.10. The van der Waals surface area contributed by atoms with Crippen molar-refractivity contribution in [2.45, 2.75) is 20.3 Å². The number of aromatic nitrogens is 1. The molecule has 0 spiro atoms. The van der Waals surface area contributed by atoms with Crippen molar-refractivity contribution in [1.82, 2.24) is 5.16 Å². The molecule has 0 aliphatic carbocycles. The minimum atomic E-state index is 0.429. The average molecular weight is 153 g/mol. The highest BCUT2D eigenvalue weighted by Gasteiger charge is 2.07. The Morgan fingerprint density at radius 3 is 3.00 bits per heavy atom. The standard InChI is InChI=1S/C8H11NO2/c1-6(2)3-7-5-11-9-8(7)4-10/h4-6H,3H2,1-2H3. The fourth-order valence-electron chi connectivity index (χ4n) is 0.955. The Balaban J connectivity index is 2.76. The highest BCUT2D eigenvalue weighted by molar-refractivity contribution is 5.73. The third kappa shape index (κ3) is 1.90. The highest BCUT2D eigenvalue weighted by atomic mass is 16.5. The number of nitrogens with zero attached hydrogens (tertiary/aromatic N) is 1. The largest absolute Gasteiger partial charge is 0.364 e. The van der Waals surface area contributed by atoms with Gasteiger partial charge in [-0.2, -0.15) is 0 Å². The molecule has 1 aromatic rings. The van der Waals surface area contributed by atoms with Gasteiger partial charge in [0.25, 0.3) is 0 Å². The topological polar surface area (TPSA) is 43.1 Å². The summed E-state index contributed by atoms with van der Waals surface area (Å²) in [5.41, 5.74) is 1.33. The Bertz CT molecular complexity index is 240. The van der Waals surface area contributed by atoms with Crippen LogP contribution in [0.1, 0.15) is 29.9 Å². The van der Waals surface area contributed by atoms with E-state index < -0.39 is 0 Å². The molecule has 0 atom stereocenters. The first-order valence-corrected chi connectivity index (χ1v) is 3.62. The molecule has 0 N–H and O–H groups in total. The van der Waals surface area contributed by atoms with Gasteiger partial charge in [0.15, 0.2) is 6.29 Å². The van der Waals surface area contributed by atoms with Crippen LogP contribution < -0.4 is 0 Å². The zero-order chi connectivity index (χ0) is 8.27. The van der Waals surface area contributed by atoms with E-state index >= 15 is 0 Å². The van der Waals surface area contributed by atoms with Crippen LogP contribution in [-0.2, 0) is 6.42 Å². The zero-order valence-electron chi connectivity index (χ0n) is 6.70. The maximum atomic E-state index is 10.3. The molecule has 0 saturated carbocycles. The molecule has 60 valence electrons. The first-order valence-electron chi connectivity index (χ1n) is 3.62. The number of rotatable bonds is 3. The van der Waals surface area contributed by atoms with Gasteiger partial charge in [0, 0.05) is 5.56 Å². The molecule has 0 aromatic carbocycles. The fraction of sp³-hybridized carbons (Fsp3) is 0.500. The monoisotopic (exact) mass is 153 g/mol. The van der Waals surface area contributed by atoms with Gasteiger partial charge in [-0.3, -0.25) is 4.79 Å². The molecule has 0 radical (unpaired) electrons. The van der Waals surface area contributed by atoms with Crippen molar-refractivity contribution in [2.75, 3.05) is 0 Å². The molecule has 3 nitrogen and oxygen atoms in total. The Labute approximate surface area is 65.4 Å². The number of carbonyl (C=O) groups excluding carboxylic acids is 1. The number of hydrogen-bond acceptors (Lipinski definition) is 3. The lowest BCUT2D eigenvalue weighted by Crippen LogP contribution is -1.95. The van der Waals surface area contributed by atoms with Gasteiger partial charge in [-0.25, -0.2) is 0 Å². The summed E-state index contributed by atoms with van der Waals surface area (Å²) in [5, 5.41) is 3.54. The van der Waals surface area contributed by atoms with Crippen LogP contribution in [0.4, 0.5) is 0 Å². The van der Waals surface area contributed by atoms with E-state index in [4.69, 9.17) is 0 Å². The Morgan fingerprint density at radius 1 is 1.73 bits per heavy atom. The van der Waals surface area contributed by atoms with Gasteiger partial charge < -0.3 is 4.52 Å². The number of hydrogen-bond donors (Lipinski definition) is 0. The lowest BCUT2D eigenvalue weighted by Gasteiger charge is -1.99. The van der Waals surface area contributed by atoms with E-state index in [2.05, 4.69) is 23.5 Å². The Morgan fingerprint density at radius 2 is 2.45 bits per heavy atom. The minimum absolute atomic E-state index is 0.429. The van der Waals surface area contributed by atoms with Gasteiger partial charge in [-0.15, -0.1) is 0 Å². The molecule has 1 heterocycles. The van der Waals surface area contributed by atoms with Crippen LogP contribution in [0.5, 0.6) is 0 Å². The smallest absolute Gasteiger partial charge is 0.172 e. The zero-order valence-corrected chi connectivity index (χ0v) is 6.70. The summed E-state index contributed by atoms with van der Waals surface area (Å²) >= 11 is 0. The van der Waals surface area contributed by atoms with E-state index in [0.717, 1.165) is 18.3 Å². The molecule has 0 aliphatic heterocycles. The Hall–Kier alpha value is -1.12. The molecular weight excluding hydrogens is 142 g/mol. The third-order valence-corrected chi connectivity index (χ3v) is 1.41. The summed E-state index contributed by atoms with van der Waals surface area (Å²) in [7, 11) is 0. The normalized spacial score (nSPS) is 10.5. The van der Waals surface area contributed by atoms with Crippen LogP contribution in [0, 0.1) is 5.92 Å². The summed E-state index contributed by atoms with van der Waals surface area (Å²) in [6.45, 7) is 4.17. The van der Waals surface area contributed by atoms with Crippen LogP contribution in [0.3, 0.4) is 0 Å². The van der Waals surface area contributed by atoms with Gasteiger partial charge in [0.05, 0.1) is 0 Å². The SMILES string of the molecule is CC(C)Cc1conc1C=O. The van der Waals surface area contributed by atoms with Gasteiger partial charge in [0.2, 0.25) is 0 Å². The van der Waals surface area contributed by atoms with Gasteiger partial charge >= 0.3 is 0 Å². The van der Waals surface area contributed by atoms with Gasteiger partial charge in [0.1, 0.15) is 12.0 Å². The van der Waals surface area contributed by atoms with Gasteiger partial charge in [-0.05, 0) is 12.3 Å². The molecular formula is C8H11NO2. The van der Waals surface area contributed by atoms with E-state index in [1.54, 1.807) is 0 Å². The first-order chi connectivity index (χ1) is 5.24. The molecule has 0 saturated heterocycles. The maximum Gasteiger partial charge on any atom is 0.172 e. The summed E-state index contributed by atoms with van der Waals surface area (Å²) in [4.78, 5) is 10.3. The second-order valence-corrected chi connectivity index (χ2v) is 2.94. The Kier molecular flexibility index (Phi) is 2.41. The summed E-state index contributed by atoms with van der Waals surface area (Å²) < 4.78 is 4.66. The maximum absolute atomic E-state index is 10.3. The van der Waals surface area contributed by atoms with Crippen molar-refractivity contribution in [3.8, 4) is 0 Å². The molecule has 0 unspecified atom stereocenters. The van der Waals surface area contributed by atoms with E-state index in [-0.39, 0.29) is 0 Å². The minimum Gasteiger partial charge on any atom is -0.364 e. The molecule has 11 heavy (non-hydrogen) atoms.